The lowest BCUT2D eigenvalue weighted by atomic mass is 10.1. The van der Waals surface area contributed by atoms with E-state index < -0.39 is 16.7 Å². The van der Waals surface area contributed by atoms with Gasteiger partial charge in [0.25, 0.3) is 11.6 Å². The molecule has 0 aliphatic heterocycles. The molecule has 0 fully saturated rings. The first-order valence-corrected chi connectivity index (χ1v) is 10.1. The summed E-state index contributed by atoms with van der Waals surface area (Å²) < 4.78 is 1.88. The Bertz CT molecular complexity index is 1340. The first kappa shape index (κ1) is 20.3. The average molecular weight is 436 g/mol. The molecule has 2 heterocycles. The number of benzene rings is 2. The molecular weight excluding hydrogens is 420 g/mol. The summed E-state index contributed by atoms with van der Waals surface area (Å²) in [5, 5.41) is 20.8. The summed E-state index contributed by atoms with van der Waals surface area (Å²) >= 11 is 1.18. The third-order valence-corrected chi connectivity index (χ3v) is 5.47. The molecule has 2 N–H and O–H groups in total. The molecule has 31 heavy (non-hydrogen) atoms. The first-order chi connectivity index (χ1) is 14.9. The van der Waals surface area contributed by atoms with Crippen LogP contribution in [0.25, 0.3) is 16.6 Å². The number of para-hydroxylation sites is 1. The second-order valence-corrected chi connectivity index (χ2v) is 7.56. The van der Waals surface area contributed by atoms with Gasteiger partial charge in [0.15, 0.2) is 10.8 Å². The van der Waals surface area contributed by atoms with Gasteiger partial charge >= 0.3 is 0 Å². The zero-order chi connectivity index (χ0) is 22.0. The highest BCUT2D eigenvalue weighted by Crippen LogP contribution is 2.25. The number of fused-ring (bicyclic) bond motifs is 3. The van der Waals surface area contributed by atoms with E-state index in [0.717, 1.165) is 22.5 Å². The Labute approximate surface area is 179 Å². The Balaban J connectivity index is 1.42. The molecule has 2 aromatic carbocycles. The van der Waals surface area contributed by atoms with Gasteiger partial charge in [-0.3, -0.25) is 35.0 Å². The SMILES string of the molecule is Cc1cc2nnc(SCC(=O)NNC(=O)c3cccc([N+](=O)[O-])c3)n2c2ccccc12. The molecule has 4 aromatic rings. The minimum Gasteiger partial charge on any atom is -0.272 e. The second kappa shape index (κ2) is 8.40. The van der Waals surface area contributed by atoms with Crippen LogP contribution < -0.4 is 10.9 Å². The number of hydrogen-bond donors (Lipinski definition) is 2. The summed E-state index contributed by atoms with van der Waals surface area (Å²) in [4.78, 5) is 34.5. The number of nitrogens with zero attached hydrogens (tertiary/aromatic N) is 4. The lowest BCUT2D eigenvalue weighted by molar-refractivity contribution is -0.384. The van der Waals surface area contributed by atoms with Gasteiger partial charge in [-0.25, -0.2) is 0 Å². The maximum absolute atomic E-state index is 12.2. The van der Waals surface area contributed by atoms with E-state index in [1.165, 1.54) is 30.0 Å². The van der Waals surface area contributed by atoms with Gasteiger partial charge in [0.05, 0.1) is 16.2 Å². The number of hydrazine groups is 1. The molecule has 0 unspecified atom stereocenters. The van der Waals surface area contributed by atoms with Gasteiger partial charge in [-0.05, 0) is 30.7 Å². The van der Waals surface area contributed by atoms with Crippen molar-refractivity contribution in [1.29, 1.82) is 0 Å². The Morgan fingerprint density at radius 1 is 1.10 bits per heavy atom. The number of pyridine rings is 1. The van der Waals surface area contributed by atoms with Crippen LogP contribution in [0.3, 0.4) is 0 Å². The Hall–Kier alpha value is -3.99. The number of nitro groups is 1. The number of amides is 2. The van der Waals surface area contributed by atoms with E-state index in [4.69, 9.17) is 0 Å². The molecule has 0 saturated carbocycles. The third-order valence-electron chi connectivity index (χ3n) is 4.54. The zero-order valence-electron chi connectivity index (χ0n) is 16.2. The van der Waals surface area contributed by atoms with Crippen LogP contribution in [0.15, 0.2) is 59.8 Å². The van der Waals surface area contributed by atoms with E-state index in [1.807, 2.05) is 41.7 Å². The highest BCUT2D eigenvalue weighted by atomic mass is 32.2. The van der Waals surface area contributed by atoms with E-state index >= 15 is 0 Å². The van der Waals surface area contributed by atoms with Crippen molar-refractivity contribution in [3.63, 3.8) is 0 Å². The van der Waals surface area contributed by atoms with Gasteiger partial charge in [-0.2, -0.15) is 0 Å². The highest BCUT2D eigenvalue weighted by Gasteiger charge is 2.15. The van der Waals surface area contributed by atoms with Crippen molar-refractivity contribution < 1.29 is 14.5 Å². The standard InChI is InChI=1S/C20H16N6O4S/c1-12-9-17-21-24-20(25(17)16-8-3-2-7-15(12)16)31-11-18(27)22-23-19(28)13-5-4-6-14(10-13)26(29)30/h2-10H,11H2,1H3,(H,22,27)(H,23,28). The average Bonchev–Trinajstić information content (AvgIpc) is 3.19. The quantitative estimate of drug-likeness (QED) is 0.279. The molecule has 0 radical (unpaired) electrons. The molecule has 0 aliphatic rings. The van der Waals surface area contributed by atoms with Gasteiger partial charge in [0.2, 0.25) is 5.91 Å². The molecule has 2 aromatic heterocycles. The molecule has 10 nitrogen and oxygen atoms in total. The second-order valence-electron chi connectivity index (χ2n) is 6.62. The number of rotatable bonds is 5. The molecular formula is C20H16N6O4S. The zero-order valence-corrected chi connectivity index (χ0v) is 17.0. The van der Waals surface area contributed by atoms with Crippen molar-refractivity contribution in [2.75, 3.05) is 5.75 Å². The lowest BCUT2D eigenvalue weighted by Crippen LogP contribution is -2.42. The van der Waals surface area contributed by atoms with E-state index in [0.29, 0.717) is 10.8 Å². The summed E-state index contributed by atoms with van der Waals surface area (Å²) in [5.74, 6) is -1.13. The van der Waals surface area contributed by atoms with Crippen LogP contribution in [0.5, 0.6) is 0 Å². The normalized spacial score (nSPS) is 10.9. The number of nitro benzene ring substituents is 1. The summed E-state index contributed by atoms with van der Waals surface area (Å²) in [6.45, 7) is 2.00. The lowest BCUT2D eigenvalue weighted by Gasteiger charge is -2.08. The van der Waals surface area contributed by atoms with Crippen molar-refractivity contribution in [3.8, 4) is 0 Å². The van der Waals surface area contributed by atoms with Crippen LogP contribution in [0, 0.1) is 17.0 Å². The molecule has 0 bridgehead atoms. The molecule has 0 atom stereocenters. The molecule has 0 saturated heterocycles. The maximum atomic E-state index is 12.2. The van der Waals surface area contributed by atoms with Gasteiger partial charge < -0.3 is 0 Å². The molecule has 4 rings (SSSR count). The number of hydrogen-bond acceptors (Lipinski definition) is 7. The van der Waals surface area contributed by atoms with Gasteiger partial charge in [0.1, 0.15) is 0 Å². The van der Waals surface area contributed by atoms with Crippen molar-refractivity contribution in [2.45, 2.75) is 12.1 Å². The van der Waals surface area contributed by atoms with Crippen molar-refractivity contribution >= 4 is 45.8 Å². The summed E-state index contributed by atoms with van der Waals surface area (Å²) in [6, 6.07) is 15.0. The largest absolute Gasteiger partial charge is 0.272 e. The number of carbonyl (C=O) groups is 2. The van der Waals surface area contributed by atoms with Gasteiger partial charge in [-0.1, -0.05) is 36.0 Å². The predicted molar refractivity (Wildman–Crippen MR) is 115 cm³/mol. The van der Waals surface area contributed by atoms with Crippen LogP contribution in [-0.2, 0) is 4.79 Å². The highest BCUT2D eigenvalue weighted by molar-refractivity contribution is 7.99. The minimum absolute atomic E-state index is 0.0157. The molecule has 11 heteroatoms. The van der Waals surface area contributed by atoms with Crippen LogP contribution in [0.2, 0.25) is 0 Å². The van der Waals surface area contributed by atoms with Gasteiger partial charge in [-0.15, -0.1) is 10.2 Å². The fraction of sp³-hybridized carbons (Fsp3) is 0.100. The minimum atomic E-state index is -0.656. The fourth-order valence-corrected chi connectivity index (χ4v) is 3.85. The Morgan fingerprint density at radius 2 is 1.90 bits per heavy atom. The van der Waals surface area contributed by atoms with E-state index in [9.17, 15) is 19.7 Å². The van der Waals surface area contributed by atoms with Crippen LogP contribution in [0.4, 0.5) is 5.69 Å². The van der Waals surface area contributed by atoms with Crippen molar-refractivity contribution in [1.82, 2.24) is 25.4 Å². The Kier molecular flexibility index (Phi) is 5.50. The van der Waals surface area contributed by atoms with Crippen LogP contribution >= 0.6 is 11.8 Å². The van der Waals surface area contributed by atoms with E-state index in [2.05, 4.69) is 21.0 Å². The molecule has 0 aliphatic carbocycles. The van der Waals surface area contributed by atoms with Crippen molar-refractivity contribution in [2.24, 2.45) is 0 Å². The maximum Gasteiger partial charge on any atom is 0.270 e. The number of non-ortho nitro benzene ring substituents is 1. The number of nitrogens with one attached hydrogen (secondary N) is 2. The summed E-state index contributed by atoms with van der Waals surface area (Å²) in [5.41, 5.74) is 7.09. The van der Waals surface area contributed by atoms with Crippen LogP contribution in [0.1, 0.15) is 15.9 Å². The smallest absolute Gasteiger partial charge is 0.270 e. The first-order valence-electron chi connectivity index (χ1n) is 9.14. The number of aryl methyl sites for hydroxylation is 1. The molecule has 156 valence electrons. The third kappa shape index (κ3) is 4.16. The number of carbonyl (C=O) groups excluding carboxylic acids is 2. The Morgan fingerprint density at radius 3 is 2.71 bits per heavy atom. The molecule has 2 amide bonds. The van der Waals surface area contributed by atoms with Crippen molar-refractivity contribution in [3.05, 3.63) is 75.8 Å². The predicted octanol–water partition coefficient (Wildman–Crippen LogP) is 2.65. The number of aromatic nitrogens is 3. The number of thioether (sulfide) groups is 1. The summed E-state index contributed by atoms with van der Waals surface area (Å²) in [7, 11) is 0. The monoisotopic (exact) mass is 436 g/mol. The van der Waals surface area contributed by atoms with Gasteiger partial charge in [0, 0.05) is 23.1 Å². The topological polar surface area (TPSA) is 132 Å². The van der Waals surface area contributed by atoms with E-state index in [1.54, 1.807) is 0 Å². The van der Waals surface area contributed by atoms with E-state index in [-0.39, 0.29) is 17.0 Å². The van der Waals surface area contributed by atoms with Crippen LogP contribution in [-0.4, -0.2) is 37.1 Å². The fourth-order valence-electron chi connectivity index (χ4n) is 3.09. The molecule has 0 spiro atoms. The summed E-state index contributed by atoms with van der Waals surface area (Å²) in [6.07, 6.45) is 0.